The lowest BCUT2D eigenvalue weighted by molar-refractivity contribution is -0.137. The zero-order valence-corrected chi connectivity index (χ0v) is 11.6. The second-order valence-electron chi connectivity index (χ2n) is 4.88. The Balaban J connectivity index is 2.29. The molecule has 106 valence electrons. The fraction of sp³-hybridized carbons (Fsp3) is 0.615. The van der Waals surface area contributed by atoms with E-state index in [4.69, 9.17) is 4.74 Å². The van der Waals surface area contributed by atoms with Gasteiger partial charge in [-0.25, -0.2) is 0 Å². The summed E-state index contributed by atoms with van der Waals surface area (Å²) < 4.78 is 5.45. The van der Waals surface area contributed by atoms with E-state index in [1.807, 2.05) is 20.8 Å². The van der Waals surface area contributed by atoms with Crippen molar-refractivity contribution in [2.45, 2.75) is 32.8 Å². The Kier molecular flexibility index (Phi) is 5.23. The highest BCUT2D eigenvalue weighted by molar-refractivity contribution is 6.13. The van der Waals surface area contributed by atoms with Crippen LogP contribution in [0.15, 0.2) is 12.2 Å². The zero-order valence-electron chi connectivity index (χ0n) is 11.6. The highest BCUT2D eigenvalue weighted by atomic mass is 16.5. The van der Waals surface area contributed by atoms with Crippen molar-refractivity contribution >= 4 is 17.7 Å². The van der Waals surface area contributed by atoms with Crippen LogP contribution in [0.1, 0.15) is 27.2 Å². The number of hydrogen-bond donors (Lipinski definition) is 1. The summed E-state index contributed by atoms with van der Waals surface area (Å²) in [5, 5.41) is 2.73. The third-order valence-electron chi connectivity index (χ3n) is 2.71. The third-order valence-corrected chi connectivity index (χ3v) is 2.71. The van der Waals surface area contributed by atoms with Crippen LogP contribution in [-0.4, -0.2) is 47.9 Å². The molecule has 0 aromatic carbocycles. The van der Waals surface area contributed by atoms with Crippen molar-refractivity contribution in [3.8, 4) is 0 Å². The lowest BCUT2D eigenvalue weighted by atomic mass is 10.1. The molecule has 0 bridgehead atoms. The van der Waals surface area contributed by atoms with Crippen molar-refractivity contribution in [3.05, 3.63) is 12.2 Å². The van der Waals surface area contributed by atoms with Crippen LogP contribution in [0.25, 0.3) is 0 Å². The number of amides is 3. The lowest BCUT2D eigenvalue weighted by Crippen LogP contribution is -2.42. The van der Waals surface area contributed by atoms with Crippen LogP contribution in [0, 0.1) is 0 Å². The number of nitrogens with one attached hydrogen (secondary N) is 1. The minimum Gasteiger partial charge on any atom is -0.374 e. The molecule has 0 spiro atoms. The summed E-state index contributed by atoms with van der Waals surface area (Å²) in [5.41, 5.74) is -0.425. The molecule has 0 radical (unpaired) electrons. The van der Waals surface area contributed by atoms with Gasteiger partial charge in [-0.05, 0) is 20.8 Å². The quantitative estimate of drug-likeness (QED) is 0.671. The van der Waals surface area contributed by atoms with Gasteiger partial charge < -0.3 is 10.1 Å². The number of ether oxygens (including phenoxy) is 1. The molecule has 0 aromatic rings. The van der Waals surface area contributed by atoms with Crippen LogP contribution in [0.4, 0.5) is 0 Å². The predicted octanol–water partition coefficient (Wildman–Crippen LogP) is 0.233. The van der Waals surface area contributed by atoms with Gasteiger partial charge in [0.2, 0.25) is 5.91 Å². The molecule has 0 aliphatic carbocycles. The van der Waals surface area contributed by atoms with Gasteiger partial charge in [-0.15, -0.1) is 0 Å². The molecule has 1 rings (SSSR count). The first-order chi connectivity index (χ1) is 8.85. The maximum atomic E-state index is 11.6. The fourth-order valence-corrected chi connectivity index (χ4v) is 1.71. The molecular weight excluding hydrogens is 248 g/mol. The van der Waals surface area contributed by atoms with Crippen molar-refractivity contribution < 1.29 is 19.1 Å². The summed E-state index contributed by atoms with van der Waals surface area (Å²) >= 11 is 0. The van der Waals surface area contributed by atoms with E-state index >= 15 is 0 Å². The van der Waals surface area contributed by atoms with Crippen LogP contribution in [0.2, 0.25) is 0 Å². The zero-order chi connectivity index (χ0) is 14.5. The van der Waals surface area contributed by atoms with Crippen molar-refractivity contribution in [2.24, 2.45) is 0 Å². The number of carbonyl (C=O) groups is 3. The highest BCUT2D eigenvalue weighted by Crippen LogP contribution is 2.07. The maximum Gasteiger partial charge on any atom is 0.253 e. The largest absolute Gasteiger partial charge is 0.374 e. The van der Waals surface area contributed by atoms with E-state index in [0.29, 0.717) is 13.2 Å². The van der Waals surface area contributed by atoms with Gasteiger partial charge in [-0.3, -0.25) is 19.3 Å². The number of imide groups is 1. The smallest absolute Gasteiger partial charge is 0.253 e. The minimum atomic E-state index is -0.425. The van der Waals surface area contributed by atoms with Gasteiger partial charge >= 0.3 is 0 Å². The molecule has 1 heterocycles. The topological polar surface area (TPSA) is 75.7 Å². The number of carbonyl (C=O) groups excluding carboxylic acids is 3. The van der Waals surface area contributed by atoms with Crippen LogP contribution in [-0.2, 0) is 19.1 Å². The van der Waals surface area contributed by atoms with Crippen molar-refractivity contribution in [3.63, 3.8) is 0 Å². The van der Waals surface area contributed by atoms with Crippen molar-refractivity contribution in [2.75, 3.05) is 19.7 Å². The molecule has 0 fully saturated rings. The van der Waals surface area contributed by atoms with E-state index in [1.54, 1.807) is 0 Å². The molecule has 19 heavy (non-hydrogen) atoms. The van der Waals surface area contributed by atoms with Gasteiger partial charge in [-0.2, -0.15) is 0 Å². The number of rotatable bonds is 7. The lowest BCUT2D eigenvalue weighted by Gasteiger charge is -2.25. The molecule has 0 saturated carbocycles. The van der Waals surface area contributed by atoms with Crippen LogP contribution < -0.4 is 5.32 Å². The molecule has 1 aliphatic rings. The van der Waals surface area contributed by atoms with E-state index in [-0.39, 0.29) is 30.7 Å². The summed E-state index contributed by atoms with van der Waals surface area (Å²) in [6.45, 7) is 6.72. The summed E-state index contributed by atoms with van der Waals surface area (Å²) in [6, 6.07) is 0. The van der Waals surface area contributed by atoms with Crippen molar-refractivity contribution in [1.82, 2.24) is 10.2 Å². The van der Waals surface area contributed by atoms with E-state index in [2.05, 4.69) is 5.32 Å². The molecule has 0 unspecified atom stereocenters. The molecule has 0 atom stereocenters. The number of hydrogen-bond acceptors (Lipinski definition) is 4. The molecule has 1 aliphatic heterocycles. The molecule has 6 heteroatoms. The van der Waals surface area contributed by atoms with E-state index in [0.717, 1.165) is 4.90 Å². The van der Waals surface area contributed by atoms with E-state index < -0.39 is 5.60 Å². The summed E-state index contributed by atoms with van der Waals surface area (Å²) in [6.07, 6.45) is 2.51. The Morgan fingerprint density at radius 3 is 2.42 bits per heavy atom. The van der Waals surface area contributed by atoms with E-state index in [9.17, 15) is 14.4 Å². The third kappa shape index (κ3) is 4.82. The summed E-state index contributed by atoms with van der Waals surface area (Å²) in [4.78, 5) is 35.2. The fourth-order valence-electron chi connectivity index (χ4n) is 1.71. The van der Waals surface area contributed by atoms with Crippen LogP contribution in [0.5, 0.6) is 0 Å². The Bertz CT molecular complexity index is 383. The Hall–Kier alpha value is -1.69. The molecule has 0 saturated heterocycles. The van der Waals surface area contributed by atoms with Crippen LogP contribution >= 0.6 is 0 Å². The van der Waals surface area contributed by atoms with Gasteiger partial charge in [0.05, 0.1) is 5.60 Å². The van der Waals surface area contributed by atoms with Crippen LogP contribution in [0.3, 0.4) is 0 Å². The van der Waals surface area contributed by atoms with Gasteiger partial charge in [-0.1, -0.05) is 0 Å². The molecule has 0 aromatic heterocycles. The Morgan fingerprint density at radius 2 is 1.89 bits per heavy atom. The second-order valence-corrected chi connectivity index (χ2v) is 4.88. The Labute approximate surface area is 112 Å². The SMILES string of the molecule is CCOC(C)(C)CNC(=O)CCN1C(=O)C=CC1=O. The Morgan fingerprint density at radius 1 is 1.32 bits per heavy atom. The van der Waals surface area contributed by atoms with E-state index in [1.165, 1.54) is 12.2 Å². The standard InChI is InChI=1S/C13H20N2O4/c1-4-19-13(2,3)9-14-10(16)7-8-15-11(17)5-6-12(15)18/h5-6H,4,7-9H2,1-3H3,(H,14,16). The molecular formula is C13H20N2O4. The van der Waals surface area contributed by atoms with Crippen molar-refractivity contribution in [1.29, 1.82) is 0 Å². The first-order valence-corrected chi connectivity index (χ1v) is 6.30. The predicted molar refractivity (Wildman–Crippen MR) is 69.2 cm³/mol. The summed E-state index contributed by atoms with van der Waals surface area (Å²) in [5.74, 6) is -0.944. The average Bonchev–Trinajstić information content (AvgIpc) is 2.64. The molecule has 6 nitrogen and oxygen atoms in total. The molecule has 3 amide bonds. The van der Waals surface area contributed by atoms with Gasteiger partial charge in [0.25, 0.3) is 11.8 Å². The first kappa shape index (κ1) is 15.4. The maximum absolute atomic E-state index is 11.6. The highest BCUT2D eigenvalue weighted by Gasteiger charge is 2.24. The summed E-state index contributed by atoms with van der Waals surface area (Å²) in [7, 11) is 0. The number of nitrogens with zero attached hydrogens (tertiary/aromatic N) is 1. The normalized spacial score (nSPS) is 15.2. The molecule has 1 N–H and O–H groups in total. The van der Waals surface area contributed by atoms with Gasteiger partial charge in [0.1, 0.15) is 0 Å². The van der Waals surface area contributed by atoms with Gasteiger partial charge in [0, 0.05) is 38.3 Å². The average molecular weight is 268 g/mol. The second kappa shape index (κ2) is 6.47. The van der Waals surface area contributed by atoms with Gasteiger partial charge in [0.15, 0.2) is 0 Å². The first-order valence-electron chi connectivity index (χ1n) is 6.30. The minimum absolute atomic E-state index is 0.0986. The monoisotopic (exact) mass is 268 g/mol.